The molecule has 8 heteroatoms. The first-order valence-electron chi connectivity index (χ1n) is 11.5. The van der Waals surface area contributed by atoms with Crippen LogP contribution in [0.15, 0.2) is 76.5 Å². The molecule has 0 unspecified atom stereocenters. The lowest BCUT2D eigenvalue weighted by molar-refractivity contribution is 0.0161. The number of fused-ring (bicyclic) bond motifs is 2. The van der Waals surface area contributed by atoms with Crippen molar-refractivity contribution in [1.82, 2.24) is 0 Å². The van der Waals surface area contributed by atoms with Crippen molar-refractivity contribution in [3.8, 4) is 0 Å². The molecule has 35 heavy (non-hydrogen) atoms. The number of esters is 1. The first kappa shape index (κ1) is 23.3. The molecular weight excluding hydrogens is 466 g/mol. The van der Waals surface area contributed by atoms with E-state index in [0.29, 0.717) is 6.61 Å². The van der Waals surface area contributed by atoms with Gasteiger partial charge in [0.05, 0.1) is 39.3 Å². The van der Waals surface area contributed by atoms with Crippen molar-refractivity contribution in [1.29, 1.82) is 0 Å². The van der Waals surface area contributed by atoms with E-state index in [1.807, 2.05) is 31.2 Å². The Labute approximate surface area is 204 Å². The summed E-state index contributed by atoms with van der Waals surface area (Å²) in [6.45, 7) is 2.87. The van der Waals surface area contributed by atoms with Crippen LogP contribution in [0.25, 0.3) is 0 Å². The Bertz CT molecular complexity index is 1410. The zero-order valence-electron chi connectivity index (χ0n) is 19.3. The first-order chi connectivity index (χ1) is 16.8. The highest BCUT2D eigenvalue weighted by molar-refractivity contribution is 7.91. The number of rotatable bonds is 5. The summed E-state index contributed by atoms with van der Waals surface area (Å²) < 4.78 is 38.1. The van der Waals surface area contributed by atoms with Crippen LogP contribution in [-0.4, -0.2) is 39.6 Å². The normalized spacial score (nSPS) is 18.5. The van der Waals surface area contributed by atoms with Crippen LogP contribution >= 0.6 is 0 Å². The minimum Gasteiger partial charge on any atom is -0.459 e. The standard InChI is InChI=1S/C27H25NO6S/c1-18-6-4-7-19(14-18)16-28-23-15-20(27(30)34-17-21-8-5-13-33-21)11-12-25(23)35(31,32)24-10-3-2-9-22(24)26(28)29/h2-4,6-7,9-12,14-15,21H,5,8,13,16-17H2,1H3/t21-/m1/s1. The molecule has 0 bridgehead atoms. The maximum absolute atomic E-state index is 13.7. The highest BCUT2D eigenvalue weighted by Gasteiger charge is 2.36. The summed E-state index contributed by atoms with van der Waals surface area (Å²) in [6, 6.07) is 18.1. The summed E-state index contributed by atoms with van der Waals surface area (Å²) in [5, 5.41) is 0. The van der Waals surface area contributed by atoms with Gasteiger partial charge in [-0.1, -0.05) is 42.0 Å². The quantitative estimate of drug-likeness (QED) is 0.494. The third-order valence-corrected chi connectivity index (χ3v) is 8.13. The van der Waals surface area contributed by atoms with E-state index in [2.05, 4.69) is 0 Å². The molecule has 3 aromatic carbocycles. The summed E-state index contributed by atoms with van der Waals surface area (Å²) >= 11 is 0. The Hall–Kier alpha value is -3.49. The highest BCUT2D eigenvalue weighted by atomic mass is 32.2. The Morgan fingerprint density at radius 1 is 1.06 bits per heavy atom. The van der Waals surface area contributed by atoms with Crippen LogP contribution in [0.1, 0.15) is 44.7 Å². The van der Waals surface area contributed by atoms with Gasteiger partial charge in [0.25, 0.3) is 5.91 Å². The number of hydrogen-bond donors (Lipinski definition) is 0. The summed E-state index contributed by atoms with van der Waals surface area (Å²) in [5.41, 5.74) is 2.28. The molecule has 7 nitrogen and oxygen atoms in total. The fourth-order valence-corrected chi connectivity index (χ4v) is 6.14. The summed E-state index contributed by atoms with van der Waals surface area (Å²) in [6.07, 6.45) is 1.62. The predicted molar refractivity (Wildman–Crippen MR) is 129 cm³/mol. The fourth-order valence-electron chi connectivity index (χ4n) is 4.51. The zero-order chi connectivity index (χ0) is 24.6. The number of carbonyl (C=O) groups is 2. The molecule has 0 aromatic heterocycles. The third-order valence-electron chi connectivity index (χ3n) is 6.27. The minimum atomic E-state index is -4.01. The van der Waals surface area contributed by atoms with E-state index >= 15 is 0 Å². The Morgan fingerprint density at radius 2 is 1.89 bits per heavy atom. The highest BCUT2D eigenvalue weighted by Crippen LogP contribution is 2.38. The van der Waals surface area contributed by atoms with Gasteiger partial charge in [0, 0.05) is 6.61 Å². The van der Waals surface area contributed by atoms with Crippen LogP contribution < -0.4 is 4.90 Å². The van der Waals surface area contributed by atoms with Crippen LogP contribution in [0.3, 0.4) is 0 Å². The molecule has 0 N–H and O–H groups in total. The molecule has 2 aliphatic rings. The van der Waals surface area contributed by atoms with Crippen LogP contribution in [-0.2, 0) is 25.9 Å². The van der Waals surface area contributed by atoms with Gasteiger partial charge in [0.15, 0.2) is 0 Å². The number of benzene rings is 3. The lowest BCUT2D eigenvalue weighted by Gasteiger charge is -2.23. The van der Waals surface area contributed by atoms with Crippen molar-refractivity contribution in [3.63, 3.8) is 0 Å². The molecule has 1 fully saturated rings. The first-order valence-corrected chi connectivity index (χ1v) is 13.0. The Balaban J connectivity index is 1.59. The Kier molecular flexibility index (Phi) is 6.17. The van der Waals surface area contributed by atoms with Gasteiger partial charge < -0.3 is 14.4 Å². The monoisotopic (exact) mass is 491 g/mol. The number of nitrogens with zero attached hydrogens (tertiary/aromatic N) is 1. The SMILES string of the molecule is Cc1cccc(CN2C(=O)c3ccccc3S(=O)(=O)c3ccc(C(=O)OC[C@H]4CCCO4)cc32)c1. The predicted octanol–water partition coefficient (Wildman–Crippen LogP) is 4.32. The Morgan fingerprint density at radius 3 is 2.66 bits per heavy atom. The zero-order valence-corrected chi connectivity index (χ0v) is 20.1. The average molecular weight is 492 g/mol. The molecule has 1 atom stereocenters. The molecule has 3 aromatic rings. The van der Waals surface area contributed by atoms with Gasteiger partial charge >= 0.3 is 5.97 Å². The second kappa shape index (κ2) is 9.28. The molecule has 2 aliphatic heterocycles. The number of ether oxygens (including phenoxy) is 2. The van der Waals surface area contributed by atoms with Crippen molar-refractivity contribution >= 4 is 27.4 Å². The smallest absolute Gasteiger partial charge is 0.338 e. The maximum Gasteiger partial charge on any atom is 0.338 e. The van der Waals surface area contributed by atoms with Crippen molar-refractivity contribution < 1.29 is 27.5 Å². The second-order valence-corrected chi connectivity index (χ2v) is 10.7. The number of aryl methyl sites for hydroxylation is 1. The minimum absolute atomic E-state index is 0.0286. The van der Waals surface area contributed by atoms with E-state index < -0.39 is 21.7 Å². The summed E-state index contributed by atoms with van der Waals surface area (Å²) in [7, 11) is -4.01. The van der Waals surface area contributed by atoms with E-state index in [0.717, 1.165) is 24.0 Å². The molecule has 1 amide bonds. The molecule has 0 saturated carbocycles. The van der Waals surface area contributed by atoms with Gasteiger partial charge in [-0.2, -0.15) is 0 Å². The molecule has 0 radical (unpaired) electrons. The van der Waals surface area contributed by atoms with Gasteiger partial charge in [-0.15, -0.1) is 0 Å². The molecule has 0 spiro atoms. The van der Waals surface area contributed by atoms with Crippen LogP contribution in [0.2, 0.25) is 0 Å². The molecule has 0 aliphatic carbocycles. The van der Waals surface area contributed by atoms with E-state index in [-0.39, 0.29) is 45.9 Å². The van der Waals surface area contributed by atoms with E-state index in [9.17, 15) is 18.0 Å². The lowest BCUT2D eigenvalue weighted by atomic mass is 10.1. The van der Waals surface area contributed by atoms with Gasteiger partial charge in [0.1, 0.15) is 6.61 Å². The van der Waals surface area contributed by atoms with Crippen LogP contribution in [0.5, 0.6) is 0 Å². The van der Waals surface area contributed by atoms with E-state index in [1.54, 1.807) is 12.1 Å². The van der Waals surface area contributed by atoms with Crippen molar-refractivity contribution in [2.24, 2.45) is 0 Å². The van der Waals surface area contributed by atoms with Crippen LogP contribution in [0, 0.1) is 6.92 Å². The van der Waals surface area contributed by atoms with Gasteiger partial charge in [0.2, 0.25) is 9.84 Å². The molecular formula is C27H25NO6S. The van der Waals surface area contributed by atoms with Gasteiger partial charge in [-0.25, -0.2) is 13.2 Å². The summed E-state index contributed by atoms with van der Waals surface area (Å²) in [4.78, 5) is 27.8. The number of amides is 1. The molecule has 5 rings (SSSR count). The number of sulfone groups is 1. The second-order valence-electron chi connectivity index (χ2n) is 8.80. The molecule has 180 valence electrons. The van der Waals surface area contributed by atoms with Crippen molar-refractivity contribution in [2.75, 3.05) is 18.1 Å². The average Bonchev–Trinajstić information content (AvgIpc) is 3.37. The largest absolute Gasteiger partial charge is 0.459 e. The third kappa shape index (κ3) is 4.47. The van der Waals surface area contributed by atoms with Crippen molar-refractivity contribution in [3.05, 3.63) is 89.0 Å². The van der Waals surface area contributed by atoms with Gasteiger partial charge in [-0.3, -0.25) is 4.79 Å². The van der Waals surface area contributed by atoms with Crippen LogP contribution in [0.4, 0.5) is 5.69 Å². The molecule has 2 heterocycles. The summed E-state index contributed by atoms with van der Waals surface area (Å²) in [5.74, 6) is -1.04. The van der Waals surface area contributed by atoms with Gasteiger partial charge in [-0.05, 0) is 55.7 Å². The van der Waals surface area contributed by atoms with E-state index in [1.165, 1.54) is 35.2 Å². The topological polar surface area (TPSA) is 90.0 Å². The maximum atomic E-state index is 13.7. The number of hydrogen-bond acceptors (Lipinski definition) is 6. The number of anilines is 1. The number of carbonyl (C=O) groups excluding carboxylic acids is 2. The fraction of sp³-hybridized carbons (Fsp3) is 0.259. The van der Waals surface area contributed by atoms with E-state index in [4.69, 9.17) is 9.47 Å². The molecule has 1 saturated heterocycles. The van der Waals surface area contributed by atoms with Crippen molar-refractivity contribution in [2.45, 2.75) is 42.2 Å². The lowest BCUT2D eigenvalue weighted by Crippen LogP contribution is -2.30.